The van der Waals surface area contributed by atoms with Crippen molar-refractivity contribution in [3.63, 3.8) is 0 Å². The summed E-state index contributed by atoms with van der Waals surface area (Å²) < 4.78 is 10.5. The minimum Gasteiger partial charge on any atom is -0.497 e. The summed E-state index contributed by atoms with van der Waals surface area (Å²) >= 11 is 0. The number of hydrogen-bond donors (Lipinski definition) is 0. The molecule has 0 aromatic heterocycles. The summed E-state index contributed by atoms with van der Waals surface area (Å²) in [5.74, 6) is 7.09. The van der Waals surface area contributed by atoms with E-state index in [1.807, 2.05) is 24.3 Å². The van der Waals surface area contributed by atoms with Crippen LogP contribution in [0.5, 0.6) is 5.75 Å². The Bertz CT molecular complexity index is 364. The SMILES string of the molecule is COc1ccc(C#CC2CCCO2)cc1. The number of ether oxygens (including phenoxy) is 2. The van der Waals surface area contributed by atoms with E-state index >= 15 is 0 Å². The van der Waals surface area contributed by atoms with E-state index in [0.717, 1.165) is 30.8 Å². The first-order valence-electron chi connectivity index (χ1n) is 5.16. The zero-order valence-electron chi connectivity index (χ0n) is 8.82. The van der Waals surface area contributed by atoms with Gasteiger partial charge >= 0.3 is 0 Å². The van der Waals surface area contributed by atoms with Crippen LogP contribution in [0.1, 0.15) is 18.4 Å². The molecule has 1 aromatic rings. The molecule has 0 N–H and O–H groups in total. The molecular formula is C13H14O2. The zero-order valence-corrected chi connectivity index (χ0v) is 8.82. The van der Waals surface area contributed by atoms with Crippen molar-refractivity contribution in [1.29, 1.82) is 0 Å². The fourth-order valence-corrected chi connectivity index (χ4v) is 1.53. The first-order chi connectivity index (χ1) is 7.38. The molecule has 1 heterocycles. The number of methoxy groups -OCH3 is 1. The van der Waals surface area contributed by atoms with Crippen molar-refractivity contribution in [1.82, 2.24) is 0 Å². The molecule has 2 nitrogen and oxygen atoms in total. The van der Waals surface area contributed by atoms with Crippen LogP contribution >= 0.6 is 0 Å². The van der Waals surface area contributed by atoms with Crippen LogP contribution in [0.2, 0.25) is 0 Å². The van der Waals surface area contributed by atoms with Crippen molar-refractivity contribution >= 4 is 0 Å². The average molecular weight is 202 g/mol. The van der Waals surface area contributed by atoms with E-state index in [-0.39, 0.29) is 6.10 Å². The molecule has 0 bridgehead atoms. The largest absolute Gasteiger partial charge is 0.497 e. The summed E-state index contributed by atoms with van der Waals surface area (Å²) in [7, 11) is 1.66. The first kappa shape index (κ1) is 10.1. The lowest BCUT2D eigenvalue weighted by molar-refractivity contribution is 0.152. The Hall–Kier alpha value is -1.46. The predicted molar refractivity (Wildman–Crippen MR) is 58.8 cm³/mol. The van der Waals surface area contributed by atoms with Gasteiger partial charge in [-0.05, 0) is 37.1 Å². The summed E-state index contributed by atoms with van der Waals surface area (Å²) in [6.07, 6.45) is 2.32. The highest BCUT2D eigenvalue weighted by atomic mass is 16.5. The topological polar surface area (TPSA) is 18.5 Å². The highest BCUT2D eigenvalue weighted by Gasteiger charge is 2.11. The van der Waals surface area contributed by atoms with E-state index < -0.39 is 0 Å². The van der Waals surface area contributed by atoms with Gasteiger partial charge in [-0.1, -0.05) is 11.8 Å². The molecule has 1 saturated heterocycles. The van der Waals surface area contributed by atoms with Crippen LogP contribution in [0.4, 0.5) is 0 Å². The van der Waals surface area contributed by atoms with Crippen LogP contribution in [0.15, 0.2) is 24.3 Å². The smallest absolute Gasteiger partial charge is 0.118 e. The Balaban J connectivity index is 2.03. The van der Waals surface area contributed by atoms with Crippen molar-refractivity contribution in [2.24, 2.45) is 0 Å². The van der Waals surface area contributed by atoms with E-state index in [1.54, 1.807) is 7.11 Å². The van der Waals surface area contributed by atoms with Gasteiger partial charge in [-0.15, -0.1) is 0 Å². The van der Waals surface area contributed by atoms with E-state index in [0.29, 0.717) is 0 Å². The average Bonchev–Trinajstić information content (AvgIpc) is 2.80. The molecule has 15 heavy (non-hydrogen) atoms. The Morgan fingerprint density at radius 3 is 2.73 bits per heavy atom. The molecule has 1 aliphatic rings. The van der Waals surface area contributed by atoms with Crippen LogP contribution in [0.3, 0.4) is 0 Å². The van der Waals surface area contributed by atoms with Crippen molar-refractivity contribution in [3.8, 4) is 17.6 Å². The molecule has 2 heteroatoms. The molecule has 1 aliphatic heterocycles. The highest BCUT2D eigenvalue weighted by Crippen LogP contribution is 2.12. The standard InChI is InChI=1S/C13H14O2/c1-14-12-7-4-11(5-8-12)6-9-13-3-2-10-15-13/h4-5,7-8,13H,2-3,10H2,1H3. The molecule has 0 radical (unpaired) electrons. The highest BCUT2D eigenvalue weighted by molar-refractivity contribution is 5.38. The molecule has 0 amide bonds. The lowest BCUT2D eigenvalue weighted by Gasteiger charge is -1.99. The quantitative estimate of drug-likeness (QED) is 0.650. The molecule has 0 aliphatic carbocycles. The Labute approximate surface area is 90.2 Å². The van der Waals surface area contributed by atoms with Gasteiger partial charge in [0.2, 0.25) is 0 Å². The maximum absolute atomic E-state index is 5.42. The summed E-state index contributed by atoms with van der Waals surface area (Å²) in [6.45, 7) is 0.849. The molecule has 0 saturated carbocycles. The van der Waals surface area contributed by atoms with E-state index in [2.05, 4.69) is 11.8 Å². The summed E-state index contributed by atoms with van der Waals surface area (Å²) in [5, 5.41) is 0. The third kappa shape index (κ3) is 2.74. The Morgan fingerprint density at radius 2 is 2.13 bits per heavy atom. The van der Waals surface area contributed by atoms with Gasteiger partial charge < -0.3 is 9.47 Å². The van der Waals surface area contributed by atoms with Gasteiger partial charge in [0.25, 0.3) is 0 Å². The molecule has 1 atom stereocenters. The summed E-state index contributed by atoms with van der Waals surface area (Å²) in [5.41, 5.74) is 1.01. The number of rotatable bonds is 1. The zero-order chi connectivity index (χ0) is 10.5. The number of hydrogen-bond acceptors (Lipinski definition) is 2. The van der Waals surface area contributed by atoms with E-state index in [4.69, 9.17) is 9.47 Å². The van der Waals surface area contributed by atoms with E-state index in [1.165, 1.54) is 0 Å². The minimum atomic E-state index is 0.132. The van der Waals surface area contributed by atoms with Crippen LogP contribution in [0.25, 0.3) is 0 Å². The van der Waals surface area contributed by atoms with Crippen molar-refractivity contribution < 1.29 is 9.47 Å². The summed E-state index contributed by atoms with van der Waals surface area (Å²) in [4.78, 5) is 0. The maximum atomic E-state index is 5.42. The Morgan fingerprint density at radius 1 is 1.33 bits per heavy atom. The van der Waals surface area contributed by atoms with Crippen LogP contribution < -0.4 is 4.74 Å². The molecule has 1 unspecified atom stereocenters. The lowest BCUT2D eigenvalue weighted by Crippen LogP contribution is -1.99. The molecule has 78 valence electrons. The lowest BCUT2D eigenvalue weighted by atomic mass is 10.2. The fourth-order valence-electron chi connectivity index (χ4n) is 1.53. The first-order valence-corrected chi connectivity index (χ1v) is 5.16. The van der Waals surface area contributed by atoms with E-state index in [9.17, 15) is 0 Å². The minimum absolute atomic E-state index is 0.132. The van der Waals surface area contributed by atoms with Crippen LogP contribution in [0, 0.1) is 11.8 Å². The molecular weight excluding hydrogens is 188 g/mol. The van der Waals surface area contributed by atoms with Gasteiger partial charge in [0.05, 0.1) is 7.11 Å². The van der Waals surface area contributed by atoms with Gasteiger partial charge in [-0.2, -0.15) is 0 Å². The second-order valence-electron chi connectivity index (χ2n) is 3.50. The Kier molecular flexibility index (Phi) is 3.26. The van der Waals surface area contributed by atoms with Crippen molar-refractivity contribution in [3.05, 3.63) is 29.8 Å². The van der Waals surface area contributed by atoms with Crippen LogP contribution in [-0.4, -0.2) is 19.8 Å². The van der Waals surface area contributed by atoms with Crippen molar-refractivity contribution in [2.75, 3.05) is 13.7 Å². The number of benzene rings is 1. The molecule has 0 spiro atoms. The third-order valence-corrected chi connectivity index (χ3v) is 2.40. The summed E-state index contributed by atoms with van der Waals surface area (Å²) in [6, 6.07) is 7.75. The molecule has 2 rings (SSSR count). The molecule has 1 aromatic carbocycles. The van der Waals surface area contributed by atoms with Gasteiger partial charge in [0.15, 0.2) is 0 Å². The second kappa shape index (κ2) is 4.86. The van der Waals surface area contributed by atoms with Gasteiger partial charge in [-0.3, -0.25) is 0 Å². The fraction of sp³-hybridized carbons (Fsp3) is 0.385. The monoisotopic (exact) mass is 202 g/mol. The molecule has 1 fully saturated rings. The van der Waals surface area contributed by atoms with Gasteiger partial charge in [-0.25, -0.2) is 0 Å². The maximum Gasteiger partial charge on any atom is 0.118 e. The van der Waals surface area contributed by atoms with Crippen molar-refractivity contribution in [2.45, 2.75) is 18.9 Å². The normalized spacial score (nSPS) is 19.4. The van der Waals surface area contributed by atoms with Crippen LogP contribution in [-0.2, 0) is 4.74 Å². The second-order valence-corrected chi connectivity index (χ2v) is 3.50. The van der Waals surface area contributed by atoms with Gasteiger partial charge in [0.1, 0.15) is 11.9 Å². The van der Waals surface area contributed by atoms with Gasteiger partial charge in [0, 0.05) is 12.2 Å². The third-order valence-electron chi connectivity index (χ3n) is 2.40. The predicted octanol–water partition coefficient (Wildman–Crippen LogP) is 2.23.